The maximum atomic E-state index is 12.8. The van der Waals surface area contributed by atoms with E-state index in [0.29, 0.717) is 19.1 Å². The highest BCUT2D eigenvalue weighted by molar-refractivity contribution is 5.98. The number of nitrogens with one attached hydrogen (secondary N) is 1. The van der Waals surface area contributed by atoms with Crippen molar-refractivity contribution in [3.63, 3.8) is 0 Å². The molecule has 9 heteroatoms. The predicted molar refractivity (Wildman–Crippen MR) is 113 cm³/mol. The molecule has 1 amide bonds. The molecule has 0 saturated carbocycles. The lowest BCUT2D eigenvalue weighted by atomic mass is 9.92. The Balaban J connectivity index is 2.14. The van der Waals surface area contributed by atoms with E-state index in [-0.39, 0.29) is 30.1 Å². The molecule has 174 valence electrons. The molecule has 9 nitrogen and oxygen atoms in total. The predicted octanol–water partition coefficient (Wildman–Crippen LogP) is 2.31. The second-order valence-corrected chi connectivity index (χ2v) is 8.10. The summed E-state index contributed by atoms with van der Waals surface area (Å²) in [4.78, 5) is 29.3. The van der Waals surface area contributed by atoms with Gasteiger partial charge in [-0.05, 0) is 25.2 Å². The highest BCUT2D eigenvalue weighted by Crippen LogP contribution is 2.28. The van der Waals surface area contributed by atoms with E-state index in [0.717, 1.165) is 12.8 Å². The zero-order valence-corrected chi connectivity index (χ0v) is 18.9. The number of esters is 1. The van der Waals surface area contributed by atoms with Gasteiger partial charge >= 0.3 is 5.97 Å². The third kappa shape index (κ3) is 6.80. The van der Waals surface area contributed by atoms with Gasteiger partial charge in [-0.2, -0.15) is 0 Å². The summed E-state index contributed by atoms with van der Waals surface area (Å²) in [5.41, 5.74) is -0.249. The van der Waals surface area contributed by atoms with Crippen LogP contribution in [0.4, 0.5) is 0 Å². The topological polar surface area (TPSA) is 116 Å². The minimum absolute atomic E-state index is 0.0457. The number of carbonyl (C=O) groups excluding carboxylic acids is 2. The number of methoxy groups -OCH3 is 1. The summed E-state index contributed by atoms with van der Waals surface area (Å²) in [5.74, 6) is -1.12. The van der Waals surface area contributed by atoms with Crippen molar-refractivity contribution in [2.45, 2.75) is 58.8 Å². The summed E-state index contributed by atoms with van der Waals surface area (Å²) < 4.78 is 22.4. The molecule has 4 atom stereocenters. The van der Waals surface area contributed by atoms with Crippen molar-refractivity contribution in [2.24, 2.45) is 11.8 Å². The number of aromatic hydroxyl groups is 1. The molecule has 2 rings (SSSR count). The van der Waals surface area contributed by atoms with Crippen molar-refractivity contribution in [2.75, 3.05) is 26.9 Å². The van der Waals surface area contributed by atoms with Crippen LogP contribution in [-0.4, -0.2) is 67.1 Å². The molecule has 1 saturated heterocycles. The van der Waals surface area contributed by atoms with Gasteiger partial charge in [-0.3, -0.25) is 4.79 Å². The maximum Gasteiger partial charge on any atom is 0.331 e. The monoisotopic (exact) mass is 438 g/mol. The molecule has 1 aromatic heterocycles. The molecule has 1 aliphatic heterocycles. The van der Waals surface area contributed by atoms with Crippen LogP contribution in [0.3, 0.4) is 0 Å². The fourth-order valence-corrected chi connectivity index (χ4v) is 3.49. The molecule has 31 heavy (non-hydrogen) atoms. The summed E-state index contributed by atoms with van der Waals surface area (Å²) in [6.07, 6.45) is 2.20. The molecule has 0 unspecified atom stereocenters. The number of cyclic esters (lactones) is 1. The highest BCUT2D eigenvalue weighted by Gasteiger charge is 2.34. The van der Waals surface area contributed by atoms with Crippen molar-refractivity contribution in [3.8, 4) is 11.5 Å². The Morgan fingerprint density at radius 2 is 2.16 bits per heavy atom. The molecule has 1 aliphatic rings. The summed E-state index contributed by atoms with van der Waals surface area (Å²) in [6, 6.07) is 0.377. The van der Waals surface area contributed by atoms with E-state index in [4.69, 9.17) is 18.9 Å². The van der Waals surface area contributed by atoms with Gasteiger partial charge in [0.15, 0.2) is 23.2 Å². The number of pyridine rings is 1. The SMILES string of the molecule is CC[C@H]1CCOC[C@H](NC(=O)c2nccc(OC)c2O)C(=O)O[C@@H](C)[C@@H]1OCC(C)C. The summed E-state index contributed by atoms with van der Waals surface area (Å²) in [5, 5.41) is 12.7. The number of amides is 1. The third-order valence-corrected chi connectivity index (χ3v) is 5.21. The van der Waals surface area contributed by atoms with Gasteiger partial charge in [0.1, 0.15) is 6.10 Å². The van der Waals surface area contributed by atoms with Crippen LogP contribution >= 0.6 is 0 Å². The Hall–Kier alpha value is -2.39. The van der Waals surface area contributed by atoms with Gasteiger partial charge in [0.2, 0.25) is 0 Å². The number of ether oxygens (including phenoxy) is 4. The van der Waals surface area contributed by atoms with Crippen LogP contribution in [0, 0.1) is 11.8 Å². The van der Waals surface area contributed by atoms with Gasteiger partial charge in [-0.15, -0.1) is 0 Å². The average Bonchev–Trinajstić information content (AvgIpc) is 2.73. The van der Waals surface area contributed by atoms with E-state index in [1.165, 1.54) is 19.4 Å². The normalized spacial score (nSPS) is 25.0. The number of aromatic nitrogens is 1. The lowest BCUT2D eigenvalue weighted by molar-refractivity contribution is -0.166. The standard InChI is InChI=1S/C22H34N2O7/c1-6-15-8-10-29-12-16(22(27)31-14(4)20(15)30-11-13(2)3)24-21(26)18-19(25)17(28-5)7-9-23-18/h7,9,13-16,20,25H,6,8,10-12H2,1-5H3,(H,24,26)/t14-,15-,16-,20-/m0/s1. The first-order valence-electron chi connectivity index (χ1n) is 10.7. The van der Waals surface area contributed by atoms with Gasteiger partial charge in [0.25, 0.3) is 5.91 Å². The molecule has 0 spiro atoms. The lowest BCUT2D eigenvalue weighted by Crippen LogP contribution is -2.49. The Bertz CT molecular complexity index is 741. The summed E-state index contributed by atoms with van der Waals surface area (Å²) in [6.45, 7) is 8.95. The fourth-order valence-electron chi connectivity index (χ4n) is 3.49. The lowest BCUT2D eigenvalue weighted by Gasteiger charge is -2.33. The summed E-state index contributed by atoms with van der Waals surface area (Å²) >= 11 is 0. The van der Waals surface area contributed by atoms with Crippen molar-refractivity contribution >= 4 is 11.9 Å². The minimum atomic E-state index is -1.05. The average molecular weight is 439 g/mol. The van der Waals surface area contributed by atoms with Crippen LogP contribution in [-0.2, 0) is 19.0 Å². The molecule has 2 heterocycles. The van der Waals surface area contributed by atoms with Gasteiger partial charge in [-0.1, -0.05) is 27.2 Å². The maximum absolute atomic E-state index is 12.8. The van der Waals surface area contributed by atoms with Gasteiger partial charge in [0.05, 0.1) is 19.8 Å². The molecular weight excluding hydrogens is 404 g/mol. The van der Waals surface area contributed by atoms with Crippen molar-refractivity contribution in [1.82, 2.24) is 10.3 Å². The van der Waals surface area contributed by atoms with E-state index in [1.54, 1.807) is 0 Å². The second-order valence-electron chi connectivity index (χ2n) is 8.10. The number of nitrogens with zero attached hydrogens (tertiary/aromatic N) is 1. The first-order chi connectivity index (χ1) is 14.8. The van der Waals surface area contributed by atoms with E-state index in [2.05, 4.69) is 31.1 Å². The Morgan fingerprint density at radius 3 is 2.81 bits per heavy atom. The Kier molecular flexibility index (Phi) is 9.51. The largest absolute Gasteiger partial charge is 0.503 e. The first kappa shape index (κ1) is 24.9. The van der Waals surface area contributed by atoms with E-state index in [9.17, 15) is 14.7 Å². The van der Waals surface area contributed by atoms with Crippen LogP contribution in [0.5, 0.6) is 11.5 Å². The van der Waals surface area contributed by atoms with Crippen LogP contribution in [0.2, 0.25) is 0 Å². The molecule has 0 aliphatic carbocycles. The van der Waals surface area contributed by atoms with Crippen molar-refractivity contribution in [1.29, 1.82) is 0 Å². The van der Waals surface area contributed by atoms with E-state index in [1.807, 2.05) is 6.92 Å². The quantitative estimate of drug-likeness (QED) is 0.623. The highest BCUT2D eigenvalue weighted by atomic mass is 16.6. The molecule has 1 fully saturated rings. The van der Waals surface area contributed by atoms with E-state index >= 15 is 0 Å². The van der Waals surface area contributed by atoms with Gasteiger partial charge < -0.3 is 29.4 Å². The number of hydrogen-bond acceptors (Lipinski definition) is 8. The summed E-state index contributed by atoms with van der Waals surface area (Å²) in [7, 11) is 1.37. The van der Waals surface area contributed by atoms with Gasteiger partial charge in [0, 0.05) is 25.5 Å². The molecular formula is C22H34N2O7. The van der Waals surface area contributed by atoms with Crippen LogP contribution in [0.25, 0.3) is 0 Å². The number of rotatable bonds is 7. The minimum Gasteiger partial charge on any atom is -0.503 e. The zero-order valence-electron chi connectivity index (χ0n) is 18.9. The molecule has 1 aromatic rings. The molecule has 2 N–H and O–H groups in total. The second kappa shape index (κ2) is 11.9. The first-order valence-corrected chi connectivity index (χ1v) is 10.7. The van der Waals surface area contributed by atoms with Crippen LogP contribution < -0.4 is 10.1 Å². The van der Waals surface area contributed by atoms with Crippen molar-refractivity contribution < 1.29 is 33.6 Å². The molecule has 0 radical (unpaired) electrons. The number of hydrogen-bond donors (Lipinski definition) is 2. The molecule has 0 aromatic carbocycles. The van der Waals surface area contributed by atoms with E-state index < -0.39 is 29.8 Å². The fraction of sp³-hybridized carbons (Fsp3) is 0.682. The zero-order chi connectivity index (χ0) is 23.0. The van der Waals surface area contributed by atoms with Crippen molar-refractivity contribution in [3.05, 3.63) is 18.0 Å². The number of carbonyl (C=O) groups is 2. The van der Waals surface area contributed by atoms with Crippen LogP contribution in [0.15, 0.2) is 12.3 Å². The van der Waals surface area contributed by atoms with Gasteiger partial charge in [-0.25, -0.2) is 9.78 Å². The smallest absolute Gasteiger partial charge is 0.331 e. The third-order valence-electron chi connectivity index (χ3n) is 5.21. The Labute approximate surface area is 183 Å². The Morgan fingerprint density at radius 1 is 1.42 bits per heavy atom. The molecule has 0 bridgehead atoms. The van der Waals surface area contributed by atoms with Crippen LogP contribution in [0.1, 0.15) is 51.0 Å².